The SMILES string of the molecule is C=CCN1C(=O)N[C@H](c2ccccc2C(F)(F)F)C2=C1CN([C@H](CC(C)C)C(=O)NCc1ccco1)C2=O. The highest BCUT2D eigenvalue weighted by atomic mass is 19.4. The molecule has 2 aliphatic rings. The van der Waals surface area contributed by atoms with Gasteiger partial charge in [-0.1, -0.05) is 38.1 Å². The molecule has 11 heteroatoms. The number of amides is 4. The number of furan rings is 1. The molecule has 0 aliphatic carbocycles. The second-order valence-corrected chi connectivity index (χ2v) is 9.60. The number of rotatable bonds is 9. The zero-order chi connectivity index (χ0) is 27.6. The molecule has 8 nitrogen and oxygen atoms in total. The molecule has 3 heterocycles. The van der Waals surface area contributed by atoms with Crippen molar-refractivity contribution in [3.8, 4) is 0 Å². The highest BCUT2D eigenvalue weighted by Gasteiger charge is 2.48. The van der Waals surface area contributed by atoms with Crippen LogP contribution in [0.25, 0.3) is 0 Å². The van der Waals surface area contributed by atoms with E-state index in [0.29, 0.717) is 12.2 Å². The standard InChI is InChI=1S/C27H29F3N4O4/c1-4-11-33-21-15-34(20(13-16(2)3)24(35)31-14-17-8-7-12-38-17)25(36)22(21)23(32-26(33)37)18-9-5-6-10-19(18)27(28,29)30/h4-10,12,16,20,23H,1,11,13-15H2,2-3H3,(H,31,35)(H,32,37)/t20-,23-/m1/s1. The Morgan fingerprint density at radius 2 is 1.97 bits per heavy atom. The second-order valence-electron chi connectivity index (χ2n) is 9.60. The normalized spacial score (nSPS) is 18.5. The number of nitrogens with one attached hydrogen (secondary N) is 2. The van der Waals surface area contributed by atoms with Gasteiger partial charge in [0.05, 0.1) is 42.2 Å². The molecule has 0 fully saturated rings. The summed E-state index contributed by atoms with van der Waals surface area (Å²) in [5.41, 5.74) is -0.920. The van der Waals surface area contributed by atoms with Crippen molar-refractivity contribution in [3.05, 3.63) is 83.5 Å². The smallest absolute Gasteiger partial charge is 0.416 e. The Hall–Kier alpha value is -4.02. The summed E-state index contributed by atoms with van der Waals surface area (Å²) >= 11 is 0. The van der Waals surface area contributed by atoms with E-state index in [1.807, 2.05) is 13.8 Å². The lowest BCUT2D eigenvalue weighted by molar-refractivity contribution is -0.139. The van der Waals surface area contributed by atoms with Crippen LogP contribution >= 0.6 is 0 Å². The first-order valence-electron chi connectivity index (χ1n) is 12.2. The van der Waals surface area contributed by atoms with Crippen molar-refractivity contribution >= 4 is 17.8 Å². The number of halogens is 3. The van der Waals surface area contributed by atoms with E-state index in [2.05, 4.69) is 17.2 Å². The number of carbonyl (C=O) groups is 3. The lowest BCUT2D eigenvalue weighted by Crippen LogP contribution is -2.49. The summed E-state index contributed by atoms with van der Waals surface area (Å²) < 4.78 is 46.9. The molecule has 0 saturated carbocycles. The Morgan fingerprint density at radius 3 is 2.61 bits per heavy atom. The Kier molecular flexibility index (Phi) is 7.66. The Balaban J connectivity index is 1.72. The van der Waals surface area contributed by atoms with Crippen LogP contribution in [0.15, 0.2) is 71.0 Å². The summed E-state index contributed by atoms with van der Waals surface area (Å²) in [4.78, 5) is 42.8. The molecule has 1 aromatic heterocycles. The van der Waals surface area contributed by atoms with E-state index in [-0.39, 0.29) is 42.4 Å². The fourth-order valence-electron chi connectivity index (χ4n) is 4.86. The minimum Gasteiger partial charge on any atom is -0.467 e. The van der Waals surface area contributed by atoms with Crippen LogP contribution in [0.5, 0.6) is 0 Å². The predicted molar refractivity (Wildman–Crippen MR) is 132 cm³/mol. The molecule has 202 valence electrons. The number of benzene rings is 1. The topological polar surface area (TPSA) is 94.9 Å². The zero-order valence-corrected chi connectivity index (χ0v) is 21.0. The van der Waals surface area contributed by atoms with Crippen molar-refractivity contribution in [3.63, 3.8) is 0 Å². The van der Waals surface area contributed by atoms with Crippen molar-refractivity contribution < 1.29 is 32.0 Å². The maximum Gasteiger partial charge on any atom is 0.416 e. The Bertz CT molecular complexity index is 1250. The molecule has 0 radical (unpaired) electrons. The van der Waals surface area contributed by atoms with Crippen LogP contribution in [-0.2, 0) is 22.3 Å². The van der Waals surface area contributed by atoms with Crippen LogP contribution in [0.1, 0.15) is 43.2 Å². The average molecular weight is 531 g/mol. The van der Waals surface area contributed by atoms with Crippen LogP contribution in [-0.4, -0.2) is 46.8 Å². The summed E-state index contributed by atoms with van der Waals surface area (Å²) in [5.74, 6) is -0.479. The molecule has 0 unspecified atom stereocenters. The summed E-state index contributed by atoms with van der Waals surface area (Å²) in [7, 11) is 0. The fourth-order valence-corrected chi connectivity index (χ4v) is 4.86. The highest BCUT2D eigenvalue weighted by molar-refractivity contribution is 6.03. The first kappa shape index (κ1) is 27.0. The summed E-state index contributed by atoms with van der Waals surface area (Å²) in [6, 6.07) is 5.33. The first-order valence-corrected chi connectivity index (χ1v) is 12.2. The van der Waals surface area contributed by atoms with Gasteiger partial charge in [0.1, 0.15) is 11.8 Å². The van der Waals surface area contributed by atoms with Crippen LogP contribution in [0, 0.1) is 5.92 Å². The van der Waals surface area contributed by atoms with Gasteiger partial charge in [-0.05, 0) is 36.1 Å². The van der Waals surface area contributed by atoms with Gasteiger partial charge in [0.25, 0.3) is 5.91 Å². The lowest BCUT2D eigenvalue weighted by Gasteiger charge is -2.33. The molecular weight excluding hydrogens is 501 g/mol. The lowest BCUT2D eigenvalue weighted by atomic mass is 9.91. The number of carbonyl (C=O) groups excluding carboxylic acids is 3. The molecule has 4 amide bonds. The summed E-state index contributed by atoms with van der Waals surface area (Å²) in [6.45, 7) is 7.50. The van der Waals surface area contributed by atoms with E-state index in [1.54, 1.807) is 12.1 Å². The third-order valence-corrected chi connectivity index (χ3v) is 6.53. The number of alkyl halides is 3. The number of hydrogen-bond acceptors (Lipinski definition) is 4. The molecule has 1 aromatic carbocycles. The molecule has 2 aliphatic heterocycles. The van der Waals surface area contributed by atoms with E-state index in [0.717, 1.165) is 6.07 Å². The van der Waals surface area contributed by atoms with Gasteiger partial charge in [0.2, 0.25) is 5.91 Å². The van der Waals surface area contributed by atoms with Crippen molar-refractivity contribution in [2.24, 2.45) is 5.92 Å². The average Bonchev–Trinajstić information content (AvgIpc) is 3.50. The molecular formula is C27H29F3N4O4. The minimum absolute atomic E-state index is 0.00995. The van der Waals surface area contributed by atoms with Crippen LogP contribution in [0.2, 0.25) is 0 Å². The van der Waals surface area contributed by atoms with Crippen molar-refractivity contribution in [1.29, 1.82) is 0 Å². The van der Waals surface area contributed by atoms with Crippen molar-refractivity contribution in [2.75, 3.05) is 13.1 Å². The second kappa shape index (κ2) is 10.8. The fraction of sp³-hybridized carbons (Fsp3) is 0.370. The molecule has 2 aromatic rings. The molecule has 38 heavy (non-hydrogen) atoms. The molecule has 4 rings (SSSR count). The van der Waals surface area contributed by atoms with Crippen LogP contribution < -0.4 is 10.6 Å². The van der Waals surface area contributed by atoms with Crippen molar-refractivity contribution in [2.45, 2.75) is 45.1 Å². The van der Waals surface area contributed by atoms with E-state index in [1.165, 1.54) is 40.3 Å². The molecule has 0 spiro atoms. The molecule has 2 atom stereocenters. The predicted octanol–water partition coefficient (Wildman–Crippen LogP) is 4.38. The first-order chi connectivity index (χ1) is 18.0. The largest absolute Gasteiger partial charge is 0.467 e. The number of nitrogens with zero attached hydrogens (tertiary/aromatic N) is 2. The number of hydrogen-bond donors (Lipinski definition) is 2. The Morgan fingerprint density at radius 1 is 1.24 bits per heavy atom. The van der Waals surface area contributed by atoms with Crippen molar-refractivity contribution in [1.82, 2.24) is 20.4 Å². The summed E-state index contributed by atoms with van der Waals surface area (Å²) in [5, 5.41) is 5.36. The highest BCUT2D eigenvalue weighted by Crippen LogP contribution is 2.42. The van der Waals surface area contributed by atoms with E-state index < -0.39 is 41.7 Å². The molecule has 0 saturated heterocycles. The quantitative estimate of drug-likeness (QED) is 0.471. The number of urea groups is 1. The van der Waals surface area contributed by atoms with Gasteiger partial charge >= 0.3 is 12.2 Å². The summed E-state index contributed by atoms with van der Waals surface area (Å²) in [6.07, 6.45) is -1.45. The van der Waals surface area contributed by atoms with E-state index in [9.17, 15) is 27.6 Å². The van der Waals surface area contributed by atoms with Gasteiger partial charge in [-0.15, -0.1) is 6.58 Å². The molecule has 0 bridgehead atoms. The maximum absolute atomic E-state index is 13.9. The van der Waals surface area contributed by atoms with Gasteiger partial charge < -0.3 is 20.0 Å². The van der Waals surface area contributed by atoms with Gasteiger partial charge in [-0.25, -0.2) is 4.79 Å². The maximum atomic E-state index is 13.9. The third-order valence-electron chi connectivity index (χ3n) is 6.53. The van der Waals surface area contributed by atoms with Gasteiger partial charge in [0.15, 0.2) is 0 Å². The zero-order valence-electron chi connectivity index (χ0n) is 21.0. The Labute approximate surface area is 218 Å². The monoisotopic (exact) mass is 530 g/mol. The third kappa shape index (κ3) is 5.32. The minimum atomic E-state index is -4.70. The van der Waals surface area contributed by atoms with Gasteiger partial charge in [-0.2, -0.15) is 13.2 Å². The van der Waals surface area contributed by atoms with Gasteiger partial charge in [-0.3, -0.25) is 14.5 Å². The van der Waals surface area contributed by atoms with E-state index in [4.69, 9.17) is 4.42 Å². The van der Waals surface area contributed by atoms with Crippen LogP contribution in [0.3, 0.4) is 0 Å². The van der Waals surface area contributed by atoms with Gasteiger partial charge in [0, 0.05) is 6.54 Å². The van der Waals surface area contributed by atoms with E-state index >= 15 is 0 Å². The van der Waals surface area contributed by atoms with Crippen LogP contribution in [0.4, 0.5) is 18.0 Å². The molecule has 2 N–H and O–H groups in total.